The Hall–Kier alpha value is -3.04. The molecule has 0 N–H and O–H groups in total. The van der Waals surface area contributed by atoms with Gasteiger partial charge in [0.1, 0.15) is 5.75 Å². The van der Waals surface area contributed by atoms with Gasteiger partial charge in [-0.05, 0) is 37.5 Å². The minimum absolute atomic E-state index is 0.0229. The molecular weight excluding hydrogens is 420 g/mol. The Morgan fingerprint density at radius 2 is 1.91 bits per heavy atom. The Balaban J connectivity index is 1.42. The zero-order chi connectivity index (χ0) is 22.7. The number of hydrogen-bond donors (Lipinski definition) is 0. The van der Waals surface area contributed by atoms with E-state index < -0.39 is 24.9 Å². The van der Waals surface area contributed by atoms with Gasteiger partial charge in [-0.25, -0.2) is 13.5 Å². The van der Waals surface area contributed by atoms with Gasteiger partial charge in [-0.2, -0.15) is 0 Å². The Bertz CT molecular complexity index is 957. The van der Waals surface area contributed by atoms with Gasteiger partial charge in [0, 0.05) is 19.5 Å². The first-order valence-corrected chi connectivity index (χ1v) is 10.9. The lowest BCUT2D eigenvalue weighted by molar-refractivity contribution is -0.132. The van der Waals surface area contributed by atoms with E-state index in [9.17, 15) is 18.4 Å². The molecule has 4 rings (SSSR count). The topological polar surface area (TPSA) is 80.6 Å². The second-order valence-electron chi connectivity index (χ2n) is 8.31. The van der Waals surface area contributed by atoms with Crippen molar-refractivity contribution < 1.29 is 23.1 Å². The highest BCUT2D eigenvalue weighted by Gasteiger charge is 2.47. The number of likely N-dealkylation sites (tertiary alicyclic amines) is 2. The molecular formula is C22H27F2N5O3. The Kier molecular flexibility index (Phi) is 6.38. The summed E-state index contributed by atoms with van der Waals surface area (Å²) in [5.41, 5.74) is 0.926. The van der Waals surface area contributed by atoms with Gasteiger partial charge in [-0.15, -0.1) is 5.10 Å². The monoisotopic (exact) mass is 447 g/mol. The first-order valence-electron chi connectivity index (χ1n) is 10.9. The van der Waals surface area contributed by atoms with Crippen LogP contribution in [0.1, 0.15) is 42.2 Å². The average molecular weight is 447 g/mol. The van der Waals surface area contributed by atoms with Crippen molar-refractivity contribution >= 4 is 11.8 Å². The lowest BCUT2D eigenvalue weighted by Gasteiger charge is -2.24. The summed E-state index contributed by atoms with van der Waals surface area (Å²) in [6.07, 6.45) is 2.98. The molecule has 10 heteroatoms. The molecule has 172 valence electrons. The van der Waals surface area contributed by atoms with Crippen LogP contribution in [-0.2, 0) is 17.8 Å². The van der Waals surface area contributed by atoms with Crippen LogP contribution in [0.25, 0.3) is 0 Å². The van der Waals surface area contributed by atoms with Crippen molar-refractivity contribution in [2.45, 2.75) is 51.1 Å². The molecule has 8 nitrogen and oxygen atoms in total. The van der Waals surface area contributed by atoms with Crippen molar-refractivity contribution in [3.05, 3.63) is 41.7 Å². The number of amides is 2. The molecule has 2 amide bonds. The highest BCUT2D eigenvalue weighted by molar-refractivity contribution is 5.92. The summed E-state index contributed by atoms with van der Waals surface area (Å²) < 4.78 is 35.2. The number of rotatable bonds is 7. The molecule has 2 aliphatic heterocycles. The van der Waals surface area contributed by atoms with Crippen molar-refractivity contribution in [2.75, 3.05) is 26.2 Å². The van der Waals surface area contributed by atoms with Crippen LogP contribution >= 0.6 is 0 Å². The summed E-state index contributed by atoms with van der Waals surface area (Å²) in [6, 6.07) is 6.32. The molecule has 1 aromatic carbocycles. The molecule has 1 atom stereocenters. The quantitative estimate of drug-likeness (QED) is 0.651. The SMILES string of the molecule is CCOc1ccc(CC(=O)N2CC(F)(F)CC2Cn2cc(C(=O)N3CCCC3)nn2)cc1. The molecule has 2 fully saturated rings. The van der Waals surface area contributed by atoms with Crippen LogP contribution in [0, 0.1) is 0 Å². The van der Waals surface area contributed by atoms with Crippen LogP contribution < -0.4 is 4.74 Å². The Morgan fingerprint density at radius 1 is 1.19 bits per heavy atom. The predicted molar refractivity (Wildman–Crippen MR) is 112 cm³/mol. The smallest absolute Gasteiger partial charge is 0.276 e. The third-order valence-corrected chi connectivity index (χ3v) is 5.84. The van der Waals surface area contributed by atoms with E-state index in [1.807, 2.05) is 6.92 Å². The minimum Gasteiger partial charge on any atom is -0.494 e. The Morgan fingerprint density at radius 3 is 2.59 bits per heavy atom. The maximum Gasteiger partial charge on any atom is 0.276 e. The number of carbonyl (C=O) groups excluding carboxylic acids is 2. The normalized spacial score (nSPS) is 20.0. The highest BCUT2D eigenvalue weighted by atomic mass is 19.3. The molecule has 3 heterocycles. The van der Waals surface area contributed by atoms with Crippen LogP contribution in [-0.4, -0.2) is 74.8 Å². The molecule has 1 unspecified atom stereocenters. The van der Waals surface area contributed by atoms with Crippen LogP contribution in [0.3, 0.4) is 0 Å². The molecule has 0 spiro atoms. The molecule has 2 aliphatic rings. The van der Waals surface area contributed by atoms with Crippen molar-refractivity contribution in [2.24, 2.45) is 0 Å². The van der Waals surface area contributed by atoms with E-state index in [1.54, 1.807) is 29.2 Å². The maximum atomic E-state index is 14.2. The number of alkyl halides is 2. The third kappa shape index (κ3) is 5.05. The fourth-order valence-electron chi connectivity index (χ4n) is 4.28. The highest BCUT2D eigenvalue weighted by Crippen LogP contribution is 2.33. The number of nitrogens with zero attached hydrogens (tertiary/aromatic N) is 5. The lowest BCUT2D eigenvalue weighted by atomic mass is 10.1. The van der Waals surface area contributed by atoms with Gasteiger partial charge in [-0.1, -0.05) is 17.3 Å². The van der Waals surface area contributed by atoms with Gasteiger partial charge in [0.25, 0.3) is 11.8 Å². The summed E-state index contributed by atoms with van der Waals surface area (Å²) >= 11 is 0. The van der Waals surface area contributed by atoms with Crippen LogP contribution in [0.5, 0.6) is 5.75 Å². The standard InChI is InChI=1S/C22H27F2N5O3/c1-2-32-18-7-5-16(6-8-18)11-20(30)29-15-22(23,24)12-17(29)13-28-14-19(25-26-28)21(31)27-9-3-4-10-27/h5-8,14,17H,2-4,9-13,15H2,1H3. The summed E-state index contributed by atoms with van der Waals surface area (Å²) in [6.45, 7) is 3.23. The number of carbonyl (C=O) groups is 2. The molecule has 2 saturated heterocycles. The fraction of sp³-hybridized carbons (Fsp3) is 0.545. The van der Waals surface area contributed by atoms with E-state index in [2.05, 4.69) is 10.3 Å². The maximum absolute atomic E-state index is 14.2. The van der Waals surface area contributed by atoms with Crippen molar-refractivity contribution in [1.29, 1.82) is 0 Å². The van der Waals surface area contributed by atoms with E-state index in [0.29, 0.717) is 25.4 Å². The van der Waals surface area contributed by atoms with Crippen LogP contribution in [0.2, 0.25) is 0 Å². The summed E-state index contributed by atoms with van der Waals surface area (Å²) in [5.74, 6) is -2.84. The van der Waals surface area contributed by atoms with Crippen molar-refractivity contribution in [3.8, 4) is 5.75 Å². The largest absolute Gasteiger partial charge is 0.494 e. The minimum atomic E-state index is -2.96. The molecule has 0 bridgehead atoms. The van der Waals surface area contributed by atoms with Gasteiger partial charge in [0.2, 0.25) is 5.91 Å². The number of aromatic nitrogens is 3. The molecule has 0 aliphatic carbocycles. The third-order valence-electron chi connectivity index (χ3n) is 5.84. The van der Waals surface area contributed by atoms with Gasteiger partial charge >= 0.3 is 0 Å². The van der Waals surface area contributed by atoms with Crippen LogP contribution in [0.15, 0.2) is 30.5 Å². The van der Waals surface area contributed by atoms with E-state index in [-0.39, 0.29) is 30.5 Å². The van der Waals surface area contributed by atoms with Gasteiger partial charge < -0.3 is 14.5 Å². The number of ether oxygens (including phenoxy) is 1. The Labute approximate surface area is 185 Å². The van der Waals surface area contributed by atoms with E-state index in [1.165, 1.54) is 15.8 Å². The second-order valence-corrected chi connectivity index (χ2v) is 8.31. The molecule has 0 saturated carbocycles. The van der Waals surface area contributed by atoms with Gasteiger partial charge in [0.05, 0.1) is 38.4 Å². The molecule has 32 heavy (non-hydrogen) atoms. The van der Waals surface area contributed by atoms with Gasteiger partial charge in [0.15, 0.2) is 5.69 Å². The predicted octanol–water partition coefficient (Wildman–Crippen LogP) is 2.39. The van der Waals surface area contributed by atoms with Crippen molar-refractivity contribution in [1.82, 2.24) is 24.8 Å². The number of hydrogen-bond acceptors (Lipinski definition) is 5. The zero-order valence-corrected chi connectivity index (χ0v) is 18.0. The number of benzene rings is 1. The van der Waals surface area contributed by atoms with Crippen LogP contribution in [0.4, 0.5) is 8.78 Å². The van der Waals surface area contributed by atoms with Gasteiger partial charge in [-0.3, -0.25) is 9.59 Å². The summed E-state index contributed by atoms with van der Waals surface area (Å²) in [4.78, 5) is 28.2. The molecule has 2 aromatic rings. The molecule has 0 radical (unpaired) electrons. The fourth-order valence-corrected chi connectivity index (χ4v) is 4.28. The lowest BCUT2D eigenvalue weighted by Crippen LogP contribution is -2.39. The van der Waals surface area contributed by atoms with E-state index in [4.69, 9.17) is 4.74 Å². The van der Waals surface area contributed by atoms with E-state index >= 15 is 0 Å². The zero-order valence-electron chi connectivity index (χ0n) is 18.0. The first-order chi connectivity index (χ1) is 15.3. The average Bonchev–Trinajstić information content (AvgIpc) is 3.50. The van der Waals surface area contributed by atoms with E-state index in [0.717, 1.165) is 18.4 Å². The van der Waals surface area contributed by atoms with Crippen molar-refractivity contribution in [3.63, 3.8) is 0 Å². The molecule has 1 aromatic heterocycles. The summed E-state index contributed by atoms with van der Waals surface area (Å²) in [7, 11) is 0. The second kappa shape index (κ2) is 9.22. The number of halogens is 2. The first kappa shape index (κ1) is 22.2. The summed E-state index contributed by atoms with van der Waals surface area (Å²) in [5, 5.41) is 7.87.